The number of nitrogens with zero attached hydrogens (tertiary/aromatic N) is 1. The number of benzene rings is 1. The van der Waals surface area contributed by atoms with Crippen LogP contribution in [0.2, 0.25) is 5.02 Å². The SMILES string of the molecule is CC(O)C1CCN(c2ccc(C(=N)N)c(Cl)c2)C1. The summed E-state index contributed by atoms with van der Waals surface area (Å²) >= 11 is 6.10. The molecule has 2 atom stereocenters. The summed E-state index contributed by atoms with van der Waals surface area (Å²) in [7, 11) is 0. The highest BCUT2D eigenvalue weighted by atomic mass is 35.5. The summed E-state index contributed by atoms with van der Waals surface area (Å²) in [6.07, 6.45) is 0.714. The molecule has 1 heterocycles. The summed E-state index contributed by atoms with van der Waals surface area (Å²) in [5.41, 5.74) is 7.02. The van der Waals surface area contributed by atoms with Gasteiger partial charge in [-0.2, -0.15) is 0 Å². The molecule has 98 valence electrons. The Labute approximate surface area is 112 Å². The number of aliphatic hydroxyl groups is 1. The third-order valence-electron chi connectivity index (χ3n) is 3.51. The lowest BCUT2D eigenvalue weighted by Crippen LogP contribution is -2.24. The van der Waals surface area contributed by atoms with Gasteiger partial charge in [0.25, 0.3) is 0 Å². The molecule has 1 aromatic rings. The second-order valence-electron chi connectivity index (χ2n) is 4.81. The third-order valence-corrected chi connectivity index (χ3v) is 3.83. The van der Waals surface area contributed by atoms with E-state index in [4.69, 9.17) is 22.7 Å². The van der Waals surface area contributed by atoms with Crippen LogP contribution in [0.5, 0.6) is 0 Å². The van der Waals surface area contributed by atoms with Crippen LogP contribution in [-0.4, -0.2) is 30.1 Å². The maximum absolute atomic E-state index is 9.59. The topological polar surface area (TPSA) is 73.3 Å². The number of rotatable bonds is 3. The number of nitrogens with one attached hydrogen (secondary N) is 1. The van der Waals surface area contributed by atoms with Gasteiger partial charge >= 0.3 is 0 Å². The van der Waals surface area contributed by atoms with Crippen molar-refractivity contribution in [1.29, 1.82) is 5.41 Å². The standard InChI is InChI=1S/C13H18ClN3O/c1-8(18)9-4-5-17(7-9)10-2-3-11(13(15)16)12(14)6-10/h2-3,6,8-9,18H,4-5,7H2,1H3,(H3,15,16). The Morgan fingerprint density at radius 3 is 2.83 bits per heavy atom. The summed E-state index contributed by atoms with van der Waals surface area (Å²) in [6.45, 7) is 3.60. The third kappa shape index (κ3) is 2.60. The molecular formula is C13H18ClN3O. The summed E-state index contributed by atoms with van der Waals surface area (Å²) in [4.78, 5) is 2.20. The second kappa shape index (κ2) is 5.16. The molecule has 0 aromatic heterocycles. The average Bonchev–Trinajstić information content (AvgIpc) is 2.77. The van der Waals surface area contributed by atoms with E-state index in [1.165, 1.54) is 0 Å². The Morgan fingerprint density at radius 2 is 2.33 bits per heavy atom. The van der Waals surface area contributed by atoms with E-state index in [1.54, 1.807) is 6.07 Å². The first kappa shape index (κ1) is 13.2. The highest BCUT2D eigenvalue weighted by Crippen LogP contribution is 2.29. The Bertz CT molecular complexity index is 462. The normalized spacial score (nSPS) is 21.1. The Kier molecular flexibility index (Phi) is 3.78. The first-order chi connectivity index (χ1) is 8.49. The number of amidine groups is 1. The van der Waals surface area contributed by atoms with E-state index in [1.807, 2.05) is 19.1 Å². The molecule has 0 amide bonds. The van der Waals surface area contributed by atoms with Crippen LogP contribution in [0.1, 0.15) is 18.9 Å². The van der Waals surface area contributed by atoms with Crippen molar-refractivity contribution in [3.8, 4) is 0 Å². The zero-order valence-corrected chi connectivity index (χ0v) is 11.1. The molecule has 0 spiro atoms. The molecule has 1 fully saturated rings. The van der Waals surface area contributed by atoms with Crippen LogP contribution in [0.3, 0.4) is 0 Å². The van der Waals surface area contributed by atoms with Gasteiger partial charge in [-0.3, -0.25) is 5.41 Å². The van der Waals surface area contributed by atoms with Gasteiger partial charge in [0, 0.05) is 30.3 Å². The number of aliphatic hydroxyl groups excluding tert-OH is 1. The molecule has 2 unspecified atom stereocenters. The highest BCUT2D eigenvalue weighted by Gasteiger charge is 2.26. The summed E-state index contributed by atoms with van der Waals surface area (Å²) in [5.74, 6) is 0.297. The number of nitrogens with two attached hydrogens (primary N) is 1. The van der Waals surface area contributed by atoms with Crippen LogP contribution in [-0.2, 0) is 0 Å². The summed E-state index contributed by atoms with van der Waals surface area (Å²) in [5, 5.41) is 17.5. The van der Waals surface area contributed by atoms with Gasteiger partial charge in [-0.25, -0.2) is 0 Å². The molecule has 18 heavy (non-hydrogen) atoms. The maximum Gasteiger partial charge on any atom is 0.124 e. The van der Waals surface area contributed by atoms with E-state index in [9.17, 15) is 5.11 Å². The molecule has 2 rings (SSSR count). The van der Waals surface area contributed by atoms with Crippen LogP contribution in [0.4, 0.5) is 5.69 Å². The van der Waals surface area contributed by atoms with Crippen LogP contribution in [0.25, 0.3) is 0 Å². The van der Waals surface area contributed by atoms with Crippen molar-refractivity contribution in [2.45, 2.75) is 19.4 Å². The van der Waals surface area contributed by atoms with Gasteiger partial charge in [0.05, 0.1) is 11.1 Å². The van der Waals surface area contributed by atoms with Gasteiger partial charge in [-0.15, -0.1) is 0 Å². The van der Waals surface area contributed by atoms with E-state index in [0.717, 1.165) is 25.2 Å². The van der Waals surface area contributed by atoms with Gasteiger partial charge in [0.2, 0.25) is 0 Å². The van der Waals surface area contributed by atoms with E-state index in [0.29, 0.717) is 16.5 Å². The first-order valence-electron chi connectivity index (χ1n) is 6.06. The molecule has 1 aromatic carbocycles. The number of halogens is 1. The minimum atomic E-state index is -0.276. The number of hydrogen-bond donors (Lipinski definition) is 3. The molecule has 1 aliphatic rings. The van der Waals surface area contributed by atoms with E-state index in [-0.39, 0.29) is 11.9 Å². The van der Waals surface area contributed by atoms with Crippen molar-refractivity contribution in [2.75, 3.05) is 18.0 Å². The van der Waals surface area contributed by atoms with Crippen molar-refractivity contribution in [3.05, 3.63) is 28.8 Å². The monoisotopic (exact) mass is 267 g/mol. The maximum atomic E-state index is 9.59. The average molecular weight is 268 g/mol. The van der Waals surface area contributed by atoms with Crippen molar-refractivity contribution in [3.63, 3.8) is 0 Å². The zero-order chi connectivity index (χ0) is 13.3. The fourth-order valence-electron chi connectivity index (χ4n) is 2.33. The smallest absolute Gasteiger partial charge is 0.124 e. The quantitative estimate of drug-likeness (QED) is 0.578. The molecule has 0 bridgehead atoms. The molecule has 0 aliphatic carbocycles. The Hall–Kier alpha value is -1.26. The Morgan fingerprint density at radius 1 is 1.61 bits per heavy atom. The lowest BCUT2D eigenvalue weighted by atomic mass is 10.0. The lowest BCUT2D eigenvalue weighted by molar-refractivity contribution is 0.136. The number of hydrogen-bond acceptors (Lipinski definition) is 3. The van der Waals surface area contributed by atoms with Crippen LogP contribution >= 0.6 is 11.6 Å². The van der Waals surface area contributed by atoms with Gasteiger partial charge < -0.3 is 15.7 Å². The van der Waals surface area contributed by atoms with Crippen molar-refractivity contribution >= 4 is 23.1 Å². The molecule has 0 radical (unpaired) electrons. The minimum Gasteiger partial charge on any atom is -0.393 e. The molecule has 5 heteroatoms. The largest absolute Gasteiger partial charge is 0.393 e. The zero-order valence-electron chi connectivity index (χ0n) is 10.4. The van der Waals surface area contributed by atoms with Gasteiger partial charge in [0.15, 0.2) is 0 Å². The molecule has 1 aliphatic heterocycles. The summed E-state index contributed by atoms with van der Waals surface area (Å²) < 4.78 is 0. The predicted octanol–water partition coefficient (Wildman–Crippen LogP) is 1.83. The van der Waals surface area contributed by atoms with Crippen LogP contribution in [0.15, 0.2) is 18.2 Å². The minimum absolute atomic E-state index is 0.0187. The molecular weight excluding hydrogens is 250 g/mol. The fourth-order valence-corrected chi connectivity index (χ4v) is 2.61. The van der Waals surface area contributed by atoms with Crippen molar-refractivity contribution in [1.82, 2.24) is 0 Å². The molecule has 0 saturated carbocycles. The first-order valence-corrected chi connectivity index (χ1v) is 6.44. The summed E-state index contributed by atoms with van der Waals surface area (Å²) in [6, 6.07) is 5.53. The lowest BCUT2D eigenvalue weighted by Gasteiger charge is -2.20. The molecule has 1 saturated heterocycles. The van der Waals surface area contributed by atoms with Crippen molar-refractivity contribution < 1.29 is 5.11 Å². The van der Waals surface area contributed by atoms with Crippen molar-refractivity contribution in [2.24, 2.45) is 11.7 Å². The fraction of sp³-hybridized carbons (Fsp3) is 0.462. The molecule has 4 nitrogen and oxygen atoms in total. The van der Waals surface area contributed by atoms with Crippen LogP contribution < -0.4 is 10.6 Å². The van der Waals surface area contributed by atoms with E-state index in [2.05, 4.69) is 4.90 Å². The Balaban J connectivity index is 2.16. The van der Waals surface area contributed by atoms with E-state index >= 15 is 0 Å². The number of anilines is 1. The van der Waals surface area contributed by atoms with Gasteiger partial charge in [-0.05, 0) is 31.5 Å². The van der Waals surface area contributed by atoms with Crippen LogP contribution in [0, 0.1) is 11.3 Å². The second-order valence-corrected chi connectivity index (χ2v) is 5.22. The predicted molar refractivity (Wildman–Crippen MR) is 74.5 cm³/mol. The van der Waals surface area contributed by atoms with Gasteiger partial charge in [-0.1, -0.05) is 11.6 Å². The number of nitrogen functional groups attached to an aromatic ring is 1. The molecule has 4 N–H and O–H groups in total. The van der Waals surface area contributed by atoms with E-state index < -0.39 is 0 Å². The highest BCUT2D eigenvalue weighted by molar-refractivity contribution is 6.34. The van der Waals surface area contributed by atoms with Gasteiger partial charge in [0.1, 0.15) is 5.84 Å².